The van der Waals surface area contributed by atoms with Crippen LogP contribution < -0.4 is 0 Å². The van der Waals surface area contributed by atoms with Crippen LogP contribution in [-0.4, -0.2) is 31.7 Å². The molecule has 0 N–H and O–H groups in total. The molecule has 0 aliphatic carbocycles. The second-order valence-corrected chi connectivity index (χ2v) is 7.31. The maximum Gasteiger partial charge on any atom is 0.261 e. The van der Waals surface area contributed by atoms with Crippen LogP contribution in [0.2, 0.25) is 13.1 Å². The van der Waals surface area contributed by atoms with Crippen molar-refractivity contribution in [2.24, 2.45) is 0 Å². The van der Waals surface area contributed by atoms with Gasteiger partial charge in [0.05, 0.1) is 19.9 Å². The molecule has 1 aliphatic rings. The largest absolute Gasteiger partial charge is 0.278 e. The zero-order valence-corrected chi connectivity index (χ0v) is 10.0. The Bertz CT molecular complexity index is 393. The van der Waals surface area contributed by atoms with Crippen LogP contribution >= 0.6 is 0 Å². The van der Waals surface area contributed by atoms with Gasteiger partial charge in [-0.05, 0) is 12.1 Å². The lowest BCUT2D eigenvalue weighted by Crippen LogP contribution is -2.36. The number of carbonyl (C=O) groups excluding carboxylic acids is 2. The summed E-state index contributed by atoms with van der Waals surface area (Å²) in [7, 11) is -0.947. The Kier molecular flexibility index (Phi) is 2.44. The highest BCUT2D eigenvalue weighted by atomic mass is 28.3. The summed E-state index contributed by atoms with van der Waals surface area (Å²) in [6.07, 6.45) is 0.631. The molecule has 1 aromatic carbocycles. The van der Waals surface area contributed by atoms with E-state index in [1.807, 2.05) is 0 Å². The van der Waals surface area contributed by atoms with E-state index in [9.17, 15) is 9.59 Å². The number of amides is 2. The fraction of sp³-hybridized carbons (Fsp3) is 0.273. The number of benzene rings is 1. The van der Waals surface area contributed by atoms with Gasteiger partial charge in [-0.3, -0.25) is 14.5 Å². The van der Waals surface area contributed by atoms with Crippen molar-refractivity contribution < 1.29 is 9.59 Å². The SMILES string of the molecule is C[SiH](C)CN1C(=O)c2ccccc2C1=O. The van der Waals surface area contributed by atoms with Crippen molar-refractivity contribution in [3.63, 3.8) is 0 Å². The standard InChI is InChI=1S/C11H13NO2Si/c1-15(2)7-12-10(13)8-5-3-4-6-9(8)11(12)14/h3-6,15H,7H2,1-2H3. The first-order chi connectivity index (χ1) is 7.11. The first kappa shape index (κ1) is 10.1. The predicted molar refractivity (Wildman–Crippen MR) is 60.7 cm³/mol. The van der Waals surface area contributed by atoms with Gasteiger partial charge in [-0.2, -0.15) is 0 Å². The number of nitrogens with zero attached hydrogens (tertiary/aromatic N) is 1. The minimum Gasteiger partial charge on any atom is -0.278 e. The lowest BCUT2D eigenvalue weighted by Gasteiger charge is -2.15. The van der Waals surface area contributed by atoms with Gasteiger partial charge in [0.1, 0.15) is 0 Å². The highest BCUT2D eigenvalue weighted by molar-refractivity contribution is 6.56. The zero-order valence-electron chi connectivity index (χ0n) is 8.86. The minimum atomic E-state index is -0.947. The number of fused-ring (bicyclic) bond motifs is 1. The molecule has 0 bridgehead atoms. The summed E-state index contributed by atoms with van der Waals surface area (Å²) in [5, 5.41) is 0. The van der Waals surface area contributed by atoms with Crippen molar-refractivity contribution in [3.05, 3.63) is 35.4 Å². The Morgan fingerprint density at radius 1 is 1.07 bits per heavy atom. The normalized spacial score (nSPS) is 15.0. The van der Waals surface area contributed by atoms with Crippen molar-refractivity contribution in [2.45, 2.75) is 13.1 Å². The molecule has 0 radical (unpaired) electrons. The van der Waals surface area contributed by atoms with E-state index in [2.05, 4.69) is 13.1 Å². The van der Waals surface area contributed by atoms with Crippen LogP contribution in [0.15, 0.2) is 24.3 Å². The molecule has 1 aromatic rings. The van der Waals surface area contributed by atoms with Gasteiger partial charge in [0, 0.05) is 6.17 Å². The third kappa shape index (κ3) is 1.61. The Morgan fingerprint density at radius 2 is 1.53 bits per heavy atom. The molecule has 2 amide bonds. The van der Waals surface area contributed by atoms with Crippen molar-refractivity contribution >= 4 is 20.6 Å². The van der Waals surface area contributed by atoms with Gasteiger partial charge in [-0.25, -0.2) is 0 Å². The van der Waals surface area contributed by atoms with Crippen molar-refractivity contribution in [3.8, 4) is 0 Å². The molecule has 0 aromatic heterocycles. The summed E-state index contributed by atoms with van der Waals surface area (Å²) < 4.78 is 0. The summed E-state index contributed by atoms with van der Waals surface area (Å²) >= 11 is 0. The van der Waals surface area contributed by atoms with E-state index in [0.29, 0.717) is 17.3 Å². The third-order valence-corrected chi connectivity index (χ3v) is 3.52. The Balaban J connectivity index is 2.37. The molecule has 0 unspecified atom stereocenters. The average molecular weight is 219 g/mol. The molecule has 2 rings (SSSR count). The third-order valence-electron chi connectivity index (χ3n) is 2.43. The summed E-state index contributed by atoms with van der Waals surface area (Å²) in [6, 6.07) is 7.02. The molecule has 0 spiro atoms. The van der Waals surface area contributed by atoms with Crippen LogP contribution in [0.3, 0.4) is 0 Å². The first-order valence-corrected chi connectivity index (χ1v) is 8.19. The Labute approximate surface area is 90.3 Å². The van der Waals surface area contributed by atoms with Crippen LogP contribution in [0.25, 0.3) is 0 Å². The van der Waals surface area contributed by atoms with Crippen molar-refractivity contribution in [1.82, 2.24) is 4.90 Å². The molecule has 0 saturated heterocycles. The highest BCUT2D eigenvalue weighted by Crippen LogP contribution is 2.22. The smallest absolute Gasteiger partial charge is 0.261 e. The maximum absolute atomic E-state index is 11.9. The fourth-order valence-electron chi connectivity index (χ4n) is 1.77. The number of rotatable bonds is 2. The van der Waals surface area contributed by atoms with E-state index in [4.69, 9.17) is 0 Å². The Morgan fingerprint density at radius 3 is 1.93 bits per heavy atom. The van der Waals surface area contributed by atoms with Crippen LogP contribution in [0.5, 0.6) is 0 Å². The summed E-state index contributed by atoms with van der Waals surface area (Å²) in [4.78, 5) is 25.1. The molecule has 1 aliphatic heterocycles. The maximum atomic E-state index is 11.9. The number of carbonyl (C=O) groups is 2. The lowest BCUT2D eigenvalue weighted by atomic mass is 10.1. The molecule has 3 nitrogen and oxygen atoms in total. The van der Waals surface area contributed by atoms with Gasteiger partial charge in [0.15, 0.2) is 0 Å². The predicted octanol–water partition coefficient (Wildman–Crippen LogP) is 1.31. The van der Waals surface area contributed by atoms with E-state index in [1.165, 1.54) is 4.90 Å². The second kappa shape index (κ2) is 3.62. The molecule has 15 heavy (non-hydrogen) atoms. The summed E-state index contributed by atoms with van der Waals surface area (Å²) in [5.41, 5.74) is 1.11. The van der Waals surface area contributed by atoms with E-state index in [0.717, 1.165) is 0 Å². The average Bonchev–Trinajstić information content (AvgIpc) is 2.44. The minimum absolute atomic E-state index is 0.128. The van der Waals surface area contributed by atoms with E-state index >= 15 is 0 Å². The van der Waals surface area contributed by atoms with Gasteiger partial charge in [0.25, 0.3) is 11.8 Å². The van der Waals surface area contributed by atoms with E-state index in [-0.39, 0.29) is 11.8 Å². The monoisotopic (exact) mass is 219 g/mol. The summed E-state index contributed by atoms with van der Waals surface area (Å²) in [6.45, 7) is 4.26. The number of hydrogen-bond acceptors (Lipinski definition) is 2. The van der Waals surface area contributed by atoms with Gasteiger partial charge in [-0.15, -0.1) is 0 Å². The van der Waals surface area contributed by atoms with Crippen LogP contribution in [0, 0.1) is 0 Å². The molecule has 0 atom stereocenters. The zero-order chi connectivity index (χ0) is 11.0. The molecule has 78 valence electrons. The molecule has 1 heterocycles. The topological polar surface area (TPSA) is 37.4 Å². The highest BCUT2D eigenvalue weighted by Gasteiger charge is 2.34. The molecule has 0 saturated carbocycles. The second-order valence-electron chi connectivity index (χ2n) is 4.16. The van der Waals surface area contributed by atoms with Gasteiger partial charge in [-0.1, -0.05) is 25.2 Å². The van der Waals surface area contributed by atoms with Gasteiger partial charge < -0.3 is 0 Å². The summed E-state index contributed by atoms with van der Waals surface area (Å²) in [5.74, 6) is -0.256. The Hall–Kier alpha value is -1.42. The molecular formula is C11H13NO2Si. The van der Waals surface area contributed by atoms with E-state index in [1.54, 1.807) is 24.3 Å². The number of hydrogen-bond donors (Lipinski definition) is 0. The fourth-order valence-corrected chi connectivity index (χ4v) is 2.83. The molecule has 0 fully saturated rings. The lowest BCUT2D eigenvalue weighted by molar-refractivity contribution is 0.0679. The van der Waals surface area contributed by atoms with Crippen LogP contribution in [0.1, 0.15) is 20.7 Å². The van der Waals surface area contributed by atoms with Gasteiger partial charge >= 0.3 is 0 Å². The van der Waals surface area contributed by atoms with Gasteiger partial charge in [0.2, 0.25) is 0 Å². The van der Waals surface area contributed by atoms with Crippen LogP contribution in [0.4, 0.5) is 0 Å². The van der Waals surface area contributed by atoms with Crippen molar-refractivity contribution in [2.75, 3.05) is 6.17 Å². The quantitative estimate of drug-likeness (QED) is 0.555. The number of imide groups is 1. The molecule has 4 heteroatoms. The van der Waals surface area contributed by atoms with Crippen molar-refractivity contribution in [1.29, 1.82) is 0 Å². The molecular weight excluding hydrogens is 206 g/mol. The van der Waals surface area contributed by atoms with Crippen LogP contribution in [-0.2, 0) is 0 Å². The van der Waals surface area contributed by atoms with E-state index < -0.39 is 8.80 Å². The first-order valence-electron chi connectivity index (χ1n) is 5.06.